The van der Waals surface area contributed by atoms with Gasteiger partial charge in [-0.05, 0) is 79.9 Å². The second kappa shape index (κ2) is 12.0. The van der Waals surface area contributed by atoms with Crippen LogP contribution in [0.15, 0.2) is 18.2 Å². The van der Waals surface area contributed by atoms with Crippen molar-refractivity contribution < 1.29 is 13.2 Å². The molecule has 0 spiro atoms. The third-order valence-electron chi connectivity index (χ3n) is 7.72. The van der Waals surface area contributed by atoms with Gasteiger partial charge in [-0.15, -0.1) is 0 Å². The fourth-order valence-electron chi connectivity index (χ4n) is 5.80. The molecular weight excluding hydrogens is 381 g/mol. The van der Waals surface area contributed by atoms with Crippen molar-refractivity contribution >= 4 is 6.08 Å². The Hall–Kier alpha value is -1.25. The van der Waals surface area contributed by atoms with Gasteiger partial charge >= 0.3 is 0 Å². The Balaban J connectivity index is 1.32. The van der Waals surface area contributed by atoms with Crippen LogP contribution in [0.2, 0.25) is 0 Å². The molecule has 0 bridgehead atoms. The van der Waals surface area contributed by atoms with Crippen molar-refractivity contribution in [1.29, 1.82) is 0 Å². The van der Waals surface area contributed by atoms with Gasteiger partial charge < -0.3 is 0 Å². The van der Waals surface area contributed by atoms with E-state index < -0.39 is 17.5 Å². The standard InChI is InChI=1S/C27H39F3/c1-2-3-4-7-20-10-14-23(15-11-20)24-16-12-21(13-17-24)8-5-6-9-22-18-25(28)27(30)26(29)19-22/h6,9,18-21,23-24H,2-5,7-8,10-17H2,1H3. The van der Waals surface area contributed by atoms with Crippen molar-refractivity contribution in [2.45, 2.75) is 96.8 Å². The summed E-state index contributed by atoms with van der Waals surface area (Å²) in [6, 6.07) is 2.11. The van der Waals surface area contributed by atoms with E-state index in [1.54, 1.807) is 6.08 Å². The lowest BCUT2D eigenvalue weighted by Crippen LogP contribution is -2.25. The zero-order chi connectivity index (χ0) is 21.3. The minimum atomic E-state index is -1.39. The van der Waals surface area contributed by atoms with E-state index in [9.17, 15) is 13.2 Å². The fraction of sp³-hybridized carbons (Fsp3) is 0.704. The molecule has 1 aromatic carbocycles. The maximum absolute atomic E-state index is 13.3. The molecule has 0 nitrogen and oxygen atoms in total. The van der Waals surface area contributed by atoms with Gasteiger partial charge in [0.15, 0.2) is 17.5 Å². The smallest absolute Gasteiger partial charge is 0.194 e. The summed E-state index contributed by atoms with van der Waals surface area (Å²) in [6.07, 6.45) is 22.6. The average molecular weight is 421 g/mol. The van der Waals surface area contributed by atoms with Gasteiger partial charge in [0.1, 0.15) is 0 Å². The first kappa shape index (κ1) is 23.4. The van der Waals surface area contributed by atoms with Gasteiger partial charge in [-0.25, -0.2) is 13.2 Å². The Morgan fingerprint density at radius 2 is 1.30 bits per heavy atom. The van der Waals surface area contributed by atoms with Crippen LogP contribution in [-0.4, -0.2) is 0 Å². The van der Waals surface area contributed by atoms with Crippen LogP contribution in [0.1, 0.15) is 102 Å². The molecule has 2 saturated carbocycles. The van der Waals surface area contributed by atoms with Crippen LogP contribution in [0.5, 0.6) is 0 Å². The van der Waals surface area contributed by atoms with Crippen LogP contribution < -0.4 is 0 Å². The predicted molar refractivity (Wildman–Crippen MR) is 120 cm³/mol. The van der Waals surface area contributed by atoms with Crippen molar-refractivity contribution in [2.75, 3.05) is 0 Å². The molecule has 0 amide bonds. The normalized spacial score (nSPS) is 27.6. The predicted octanol–water partition coefficient (Wildman–Crippen LogP) is 9.09. The molecule has 0 heterocycles. The van der Waals surface area contributed by atoms with Gasteiger partial charge in [0, 0.05) is 0 Å². The van der Waals surface area contributed by atoms with Gasteiger partial charge in [0.2, 0.25) is 0 Å². The van der Waals surface area contributed by atoms with Gasteiger partial charge in [0.05, 0.1) is 0 Å². The maximum atomic E-state index is 13.3. The molecule has 2 aliphatic rings. The zero-order valence-corrected chi connectivity index (χ0v) is 18.7. The molecule has 168 valence electrons. The number of allylic oxidation sites excluding steroid dienone is 1. The lowest BCUT2D eigenvalue weighted by molar-refractivity contribution is 0.140. The fourth-order valence-corrected chi connectivity index (χ4v) is 5.80. The van der Waals surface area contributed by atoms with Gasteiger partial charge in [-0.2, -0.15) is 0 Å². The lowest BCUT2D eigenvalue weighted by atomic mass is 9.68. The Bertz CT molecular complexity index is 642. The van der Waals surface area contributed by atoms with Crippen molar-refractivity contribution in [1.82, 2.24) is 0 Å². The topological polar surface area (TPSA) is 0 Å². The highest BCUT2D eigenvalue weighted by Crippen LogP contribution is 2.43. The quantitative estimate of drug-likeness (QED) is 0.276. The lowest BCUT2D eigenvalue weighted by Gasteiger charge is -2.38. The monoisotopic (exact) mass is 420 g/mol. The van der Waals surface area contributed by atoms with Gasteiger partial charge in [-0.3, -0.25) is 0 Å². The molecule has 0 radical (unpaired) electrons. The van der Waals surface area contributed by atoms with E-state index in [2.05, 4.69) is 6.92 Å². The van der Waals surface area contributed by atoms with E-state index in [1.165, 1.54) is 77.0 Å². The van der Waals surface area contributed by atoms with Crippen LogP contribution in [0.4, 0.5) is 13.2 Å². The molecule has 3 heteroatoms. The average Bonchev–Trinajstić information content (AvgIpc) is 2.76. The third kappa shape index (κ3) is 6.89. The molecule has 0 aromatic heterocycles. The Labute approximate surface area is 181 Å². The molecular formula is C27H39F3. The molecule has 0 aliphatic heterocycles. The first-order valence-corrected chi connectivity index (χ1v) is 12.4. The van der Waals surface area contributed by atoms with Crippen LogP contribution in [0.25, 0.3) is 6.08 Å². The number of unbranched alkanes of at least 4 members (excludes halogenated alkanes) is 2. The van der Waals surface area contributed by atoms with E-state index in [0.29, 0.717) is 5.56 Å². The minimum absolute atomic E-state index is 0.389. The number of halogens is 3. The van der Waals surface area contributed by atoms with Crippen LogP contribution in [-0.2, 0) is 0 Å². The summed E-state index contributed by atoms with van der Waals surface area (Å²) in [4.78, 5) is 0. The van der Waals surface area contributed by atoms with Crippen LogP contribution in [0.3, 0.4) is 0 Å². The third-order valence-corrected chi connectivity index (χ3v) is 7.72. The Morgan fingerprint density at radius 1 is 0.767 bits per heavy atom. The van der Waals surface area contributed by atoms with Crippen molar-refractivity contribution in [2.24, 2.45) is 23.7 Å². The number of hydrogen-bond donors (Lipinski definition) is 0. The van der Waals surface area contributed by atoms with Crippen molar-refractivity contribution in [3.05, 3.63) is 41.2 Å². The molecule has 2 aliphatic carbocycles. The molecule has 1 aromatic rings. The maximum Gasteiger partial charge on any atom is 0.194 e. The molecule has 0 saturated heterocycles. The highest BCUT2D eigenvalue weighted by atomic mass is 19.2. The van der Waals surface area contributed by atoms with Crippen molar-refractivity contribution in [3.8, 4) is 0 Å². The summed E-state index contributed by atoms with van der Waals surface area (Å²) in [7, 11) is 0. The zero-order valence-electron chi connectivity index (χ0n) is 18.7. The van der Waals surface area contributed by atoms with E-state index in [0.717, 1.165) is 48.6 Å². The molecule has 3 rings (SSSR count). The highest BCUT2D eigenvalue weighted by Gasteiger charge is 2.30. The number of benzene rings is 1. The molecule has 2 fully saturated rings. The second-order valence-corrected chi connectivity index (χ2v) is 9.84. The molecule has 0 N–H and O–H groups in total. The highest BCUT2D eigenvalue weighted by molar-refractivity contribution is 5.49. The number of rotatable bonds is 9. The van der Waals surface area contributed by atoms with E-state index >= 15 is 0 Å². The first-order chi connectivity index (χ1) is 14.6. The van der Waals surface area contributed by atoms with E-state index in [1.807, 2.05) is 6.08 Å². The SMILES string of the molecule is CCCCCC1CCC(C2CCC(CCC=Cc3cc(F)c(F)c(F)c3)CC2)CC1. The summed E-state index contributed by atoms with van der Waals surface area (Å²) in [6.45, 7) is 2.29. The Morgan fingerprint density at radius 3 is 1.83 bits per heavy atom. The first-order valence-electron chi connectivity index (χ1n) is 12.4. The summed E-state index contributed by atoms with van der Waals surface area (Å²) in [5, 5.41) is 0. The Kier molecular flexibility index (Phi) is 9.33. The molecule has 0 unspecified atom stereocenters. The van der Waals surface area contributed by atoms with Crippen molar-refractivity contribution in [3.63, 3.8) is 0 Å². The summed E-state index contributed by atoms with van der Waals surface area (Å²) in [5.74, 6) is 0.0480. The molecule has 30 heavy (non-hydrogen) atoms. The van der Waals surface area contributed by atoms with Gasteiger partial charge in [-0.1, -0.05) is 70.4 Å². The van der Waals surface area contributed by atoms with Gasteiger partial charge in [0.25, 0.3) is 0 Å². The van der Waals surface area contributed by atoms with Crippen LogP contribution >= 0.6 is 0 Å². The minimum Gasteiger partial charge on any atom is -0.204 e. The van der Waals surface area contributed by atoms with E-state index in [-0.39, 0.29) is 0 Å². The number of hydrogen-bond acceptors (Lipinski definition) is 0. The van der Waals surface area contributed by atoms with E-state index in [4.69, 9.17) is 0 Å². The molecule has 0 atom stereocenters. The van der Waals surface area contributed by atoms with Crippen LogP contribution in [0, 0.1) is 41.1 Å². The summed E-state index contributed by atoms with van der Waals surface area (Å²) in [5.41, 5.74) is 0.389. The largest absolute Gasteiger partial charge is 0.204 e. The summed E-state index contributed by atoms with van der Waals surface area (Å²) >= 11 is 0. The summed E-state index contributed by atoms with van der Waals surface area (Å²) < 4.78 is 39.6. The second-order valence-electron chi connectivity index (χ2n) is 9.84.